The Bertz CT molecular complexity index is 389. The van der Waals surface area contributed by atoms with Crippen molar-refractivity contribution in [2.24, 2.45) is 0 Å². The van der Waals surface area contributed by atoms with Gasteiger partial charge in [0.25, 0.3) is 0 Å². The zero-order valence-electron chi connectivity index (χ0n) is 10.7. The molecule has 1 unspecified atom stereocenters. The molecule has 0 saturated carbocycles. The Morgan fingerprint density at radius 2 is 2.11 bits per heavy atom. The molecule has 2 N–H and O–H groups in total. The summed E-state index contributed by atoms with van der Waals surface area (Å²) in [6, 6.07) is 7.84. The summed E-state index contributed by atoms with van der Waals surface area (Å²) in [6.45, 7) is 1.52. The zero-order valence-corrected chi connectivity index (χ0v) is 10.7. The molecular weight excluding hydrogens is 228 g/mol. The maximum absolute atomic E-state index is 11.7. The van der Waals surface area contributed by atoms with E-state index in [1.165, 1.54) is 0 Å². The summed E-state index contributed by atoms with van der Waals surface area (Å²) in [5.41, 5.74) is 1.16. The summed E-state index contributed by atoms with van der Waals surface area (Å²) in [5.74, 6) is 0.979. The minimum absolute atomic E-state index is 0.0606. The van der Waals surface area contributed by atoms with E-state index in [0.717, 1.165) is 37.1 Å². The first-order valence-electron chi connectivity index (χ1n) is 6.43. The third kappa shape index (κ3) is 3.47. The first-order valence-corrected chi connectivity index (χ1v) is 6.43. The van der Waals surface area contributed by atoms with Crippen LogP contribution in [0.2, 0.25) is 0 Å². The van der Waals surface area contributed by atoms with Crippen molar-refractivity contribution in [3.8, 4) is 5.75 Å². The maximum atomic E-state index is 11.7. The summed E-state index contributed by atoms with van der Waals surface area (Å²) >= 11 is 0. The normalized spacial score (nSPS) is 20.1. The summed E-state index contributed by atoms with van der Waals surface area (Å²) < 4.78 is 5.11. The molecule has 1 amide bonds. The third-order valence-electron chi connectivity index (χ3n) is 3.25. The fourth-order valence-electron chi connectivity index (χ4n) is 2.12. The van der Waals surface area contributed by atoms with Crippen LogP contribution < -0.4 is 15.4 Å². The van der Waals surface area contributed by atoms with Gasteiger partial charge in [-0.05, 0) is 37.0 Å². The van der Waals surface area contributed by atoms with Crippen LogP contribution in [0.15, 0.2) is 24.3 Å². The molecule has 1 aliphatic rings. The molecule has 98 valence electrons. The number of methoxy groups -OCH3 is 1. The van der Waals surface area contributed by atoms with E-state index < -0.39 is 0 Å². The molecule has 1 aromatic rings. The smallest absolute Gasteiger partial charge is 0.237 e. The summed E-state index contributed by atoms with van der Waals surface area (Å²) in [4.78, 5) is 11.7. The van der Waals surface area contributed by atoms with Crippen LogP contribution in [0.5, 0.6) is 5.75 Å². The molecular formula is C14H20N2O2. The molecule has 0 radical (unpaired) electrons. The van der Waals surface area contributed by atoms with Crippen molar-refractivity contribution in [1.82, 2.24) is 10.6 Å². The maximum Gasteiger partial charge on any atom is 0.237 e. The highest BCUT2D eigenvalue weighted by atomic mass is 16.5. The van der Waals surface area contributed by atoms with E-state index in [0.29, 0.717) is 6.54 Å². The van der Waals surface area contributed by atoms with Crippen molar-refractivity contribution in [2.45, 2.75) is 31.8 Å². The lowest BCUT2D eigenvalue weighted by Crippen LogP contribution is -2.42. The molecule has 1 atom stereocenters. The number of rotatable bonds is 4. The van der Waals surface area contributed by atoms with E-state index in [1.54, 1.807) is 7.11 Å². The van der Waals surface area contributed by atoms with Gasteiger partial charge in [-0.25, -0.2) is 0 Å². The Hall–Kier alpha value is -1.55. The van der Waals surface area contributed by atoms with E-state index in [1.807, 2.05) is 24.3 Å². The molecule has 2 rings (SSSR count). The van der Waals surface area contributed by atoms with Crippen LogP contribution >= 0.6 is 0 Å². The highest BCUT2D eigenvalue weighted by Crippen LogP contribution is 2.12. The summed E-state index contributed by atoms with van der Waals surface area (Å²) in [6.07, 6.45) is 3.09. The van der Waals surface area contributed by atoms with Crippen LogP contribution in [0.4, 0.5) is 0 Å². The lowest BCUT2D eigenvalue weighted by atomic mass is 10.1. The predicted octanol–water partition coefficient (Wildman–Crippen LogP) is 1.45. The summed E-state index contributed by atoms with van der Waals surface area (Å²) in [7, 11) is 1.66. The minimum Gasteiger partial charge on any atom is -0.497 e. The van der Waals surface area contributed by atoms with Gasteiger partial charge < -0.3 is 15.4 Å². The van der Waals surface area contributed by atoms with Gasteiger partial charge in [-0.3, -0.25) is 4.79 Å². The van der Waals surface area contributed by atoms with Gasteiger partial charge in [0, 0.05) is 13.1 Å². The van der Waals surface area contributed by atoms with Crippen LogP contribution in [-0.4, -0.2) is 25.6 Å². The van der Waals surface area contributed by atoms with Gasteiger partial charge in [0.05, 0.1) is 13.2 Å². The number of carbonyl (C=O) groups is 1. The number of hydrogen-bond donors (Lipinski definition) is 2. The molecule has 1 aliphatic heterocycles. The van der Waals surface area contributed by atoms with Crippen molar-refractivity contribution >= 4 is 5.91 Å². The highest BCUT2D eigenvalue weighted by Gasteiger charge is 2.19. The van der Waals surface area contributed by atoms with Gasteiger partial charge >= 0.3 is 0 Å². The average molecular weight is 248 g/mol. The third-order valence-corrected chi connectivity index (χ3v) is 3.25. The molecule has 4 nitrogen and oxygen atoms in total. The topological polar surface area (TPSA) is 50.4 Å². The molecule has 1 aromatic carbocycles. The van der Waals surface area contributed by atoms with E-state index in [-0.39, 0.29) is 11.9 Å². The lowest BCUT2D eigenvalue weighted by Gasteiger charge is -2.15. The van der Waals surface area contributed by atoms with E-state index in [9.17, 15) is 4.79 Å². The Kier molecular flexibility index (Phi) is 4.59. The van der Waals surface area contributed by atoms with Crippen molar-refractivity contribution < 1.29 is 9.53 Å². The number of nitrogens with one attached hydrogen (secondary N) is 2. The second-order valence-corrected chi connectivity index (χ2v) is 4.57. The lowest BCUT2D eigenvalue weighted by molar-refractivity contribution is -0.122. The van der Waals surface area contributed by atoms with E-state index >= 15 is 0 Å². The zero-order chi connectivity index (χ0) is 12.8. The van der Waals surface area contributed by atoms with Gasteiger partial charge in [0.15, 0.2) is 0 Å². The highest BCUT2D eigenvalue weighted by molar-refractivity contribution is 5.81. The van der Waals surface area contributed by atoms with Crippen molar-refractivity contribution in [3.63, 3.8) is 0 Å². The molecule has 0 aliphatic carbocycles. The van der Waals surface area contributed by atoms with Gasteiger partial charge in [-0.15, -0.1) is 0 Å². The quantitative estimate of drug-likeness (QED) is 0.848. The van der Waals surface area contributed by atoms with Gasteiger partial charge in [-0.2, -0.15) is 0 Å². The second kappa shape index (κ2) is 6.40. The Morgan fingerprint density at radius 3 is 2.83 bits per heavy atom. The van der Waals surface area contributed by atoms with Gasteiger partial charge in [-0.1, -0.05) is 12.1 Å². The fourth-order valence-corrected chi connectivity index (χ4v) is 2.12. The van der Waals surface area contributed by atoms with Crippen molar-refractivity contribution in [2.75, 3.05) is 13.7 Å². The molecule has 0 spiro atoms. The van der Waals surface area contributed by atoms with E-state index in [2.05, 4.69) is 10.6 Å². The molecule has 1 fully saturated rings. The average Bonchev–Trinajstić information content (AvgIpc) is 2.62. The van der Waals surface area contributed by atoms with Crippen LogP contribution in [0.1, 0.15) is 24.8 Å². The largest absolute Gasteiger partial charge is 0.497 e. The molecule has 1 heterocycles. The van der Waals surface area contributed by atoms with Crippen LogP contribution in [0, 0.1) is 0 Å². The number of ether oxygens (including phenoxy) is 1. The van der Waals surface area contributed by atoms with E-state index in [4.69, 9.17) is 4.74 Å². The van der Waals surface area contributed by atoms with Crippen molar-refractivity contribution in [3.05, 3.63) is 29.8 Å². The molecule has 4 heteroatoms. The first kappa shape index (κ1) is 12.9. The Morgan fingerprint density at radius 1 is 1.33 bits per heavy atom. The monoisotopic (exact) mass is 248 g/mol. The molecule has 0 aromatic heterocycles. The predicted molar refractivity (Wildman–Crippen MR) is 70.5 cm³/mol. The van der Waals surface area contributed by atoms with Gasteiger partial charge in [0.1, 0.15) is 5.75 Å². The number of hydrogen-bond acceptors (Lipinski definition) is 3. The Labute approximate surface area is 108 Å². The van der Waals surface area contributed by atoms with Crippen LogP contribution in [-0.2, 0) is 11.3 Å². The second-order valence-electron chi connectivity index (χ2n) is 4.57. The van der Waals surface area contributed by atoms with Gasteiger partial charge in [0.2, 0.25) is 5.91 Å². The first-order chi connectivity index (χ1) is 8.79. The number of benzene rings is 1. The number of amides is 1. The number of carbonyl (C=O) groups excluding carboxylic acids is 1. The molecule has 0 bridgehead atoms. The van der Waals surface area contributed by atoms with Crippen molar-refractivity contribution in [1.29, 1.82) is 0 Å². The van der Waals surface area contributed by atoms with Crippen LogP contribution in [0.3, 0.4) is 0 Å². The molecule has 1 saturated heterocycles. The molecule has 18 heavy (non-hydrogen) atoms. The standard InChI is InChI=1S/C14H20N2O2/c1-18-12-7-5-11(6-8-12)10-16-13-4-2-3-9-15-14(13)17/h5-8,13,16H,2-4,9-10H2,1H3,(H,15,17). The van der Waals surface area contributed by atoms with Crippen LogP contribution in [0.25, 0.3) is 0 Å². The minimum atomic E-state index is -0.0606. The SMILES string of the molecule is COc1ccc(CNC2CCCCNC2=O)cc1. The summed E-state index contributed by atoms with van der Waals surface area (Å²) in [5, 5.41) is 6.24. The Balaban J connectivity index is 1.87. The fraction of sp³-hybridized carbons (Fsp3) is 0.500.